The second kappa shape index (κ2) is 6.40. The van der Waals surface area contributed by atoms with Crippen LogP contribution in [0, 0.1) is 12.8 Å². The zero-order valence-corrected chi connectivity index (χ0v) is 12.0. The Balaban J connectivity index is 2.08. The molecular weight excluding hydrogens is 260 g/mol. The molecule has 0 aromatic heterocycles. The van der Waals surface area contributed by atoms with Crippen LogP contribution in [0.25, 0.3) is 0 Å². The first-order valence-corrected chi connectivity index (χ1v) is 7.27. The maximum absolute atomic E-state index is 12.3. The number of halogens is 1. The Morgan fingerprint density at radius 1 is 1.47 bits per heavy atom. The van der Waals surface area contributed by atoms with E-state index >= 15 is 0 Å². The van der Waals surface area contributed by atoms with Gasteiger partial charge in [0.1, 0.15) is 0 Å². The van der Waals surface area contributed by atoms with E-state index in [2.05, 4.69) is 5.32 Å². The van der Waals surface area contributed by atoms with Gasteiger partial charge in [-0.2, -0.15) is 0 Å². The fourth-order valence-corrected chi connectivity index (χ4v) is 3.01. The van der Waals surface area contributed by atoms with Gasteiger partial charge in [-0.3, -0.25) is 4.79 Å². The van der Waals surface area contributed by atoms with E-state index in [1.54, 1.807) is 6.07 Å². The van der Waals surface area contributed by atoms with Crippen LogP contribution in [0.1, 0.15) is 41.6 Å². The second-order valence-corrected chi connectivity index (χ2v) is 5.67. The summed E-state index contributed by atoms with van der Waals surface area (Å²) in [5.74, 6) is 0.397. The van der Waals surface area contributed by atoms with Crippen LogP contribution < -0.4 is 11.1 Å². The van der Waals surface area contributed by atoms with Gasteiger partial charge in [0.05, 0.1) is 10.6 Å². The molecule has 104 valence electrons. The molecule has 0 aliphatic heterocycles. The molecule has 0 radical (unpaired) electrons. The molecule has 1 saturated carbocycles. The van der Waals surface area contributed by atoms with Crippen LogP contribution in [-0.4, -0.2) is 18.5 Å². The lowest BCUT2D eigenvalue weighted by Crippen LogP contribution is -2.44. The molecule has 0 spiro atoms. The van der Waals surface area contributed by atoms with Crippen molar-refractivity contribution in [3.05, 3.63) is 34.3 Å². The lowest BCUT2D eigenvalue weighted by atomic mass is 9.97. The summed E-state index contributed by atoms with van der Waals surface area (Å²) >= 11 is 6.18. The first kappa shape index (κ1) is 14.4. The van der Waals surface area contributed by atoms with Gasteiger partial charge in [-0.15, -0.1) is 0 Å². The predicted molar refractivity (Wildman–Crippen MR) is 78.5 cm³/mol. The molecule has 1 unspecified atom stereocenters. The summed E-state index contributed by atoms with van der Waals surface area (Å²) in [6, 6.07) is 5.57. The molecule has 0 bridgehead atoms. The summed E-state index contributed by atoms with van der Waals surface area (Å²) in [4.78, 5) is 12.3. The monoisotopic (exact) mass is 280 g/mol. The minimum absolute atomic E-state index is 0.0616. The Morgan fingerprint density at radius 3 is 2.79 bits per heavy atom. The van der Waals surface area contributed by atoms with Gasteiger partial charge >= 0.3 is 0 Å². The smallest absolute Gasteiger partial charge is 0.253 e. The second-order valence-electron chi connectivity index (χ2n) is 5.30. The van der Waals surface area contributed by atoms with E-state index in [9.17, 15) is 4.79 Å². The Morgan fingerprint density at radius 2 is 2.16 bits per heavy atom. The highest BCUT2D eigenvalue weighted by Gasteiger charge is 2.26. The summed E-state index contributed by atoms with van der Waals surface area (Å²) in [5.41, 5.74) is 7.26. The highest BCUT2D eigenvalue weighted by molar-refractivity contribution is 6.34. The van der Waals surface area contributed by atoms with Crippen molar-refractivity contribution in [3.8, 4) is 0 Å². The Kier molecular flexibility index (Phi) is 4.83. The molecule has 0 saturated heterocycles. The first-order chi connectivity index (χ1) is 9.13. The molecule has 1 fully saturated rings. The number of amides is 1. The number of aryl methyl sites for hydroxylation is 1. The van der Waals surface area contributed by atoms with Crippen molar-refractivity contribution in [1.82, 2.24) is 5.32 Å². The lowest BCUT2D eigenvalue weighted by Gasteiger charge is -2.23. The van der Waals surface area contributed by atoms with Crippen LogP contribution in [0.3, 0.4) is 0 Å². The van der Waals surface area contributed by atoms with Crippen molar-refractivity contribution in [2.45, 2.75) is 38.6 Å². The highest BCUT2D eigenvalue weighted by Crippen LogP contribution is 2.28. The molecule has 3 N–H and O–H groups in total. The van der Waals surface area contributed by atoms with Gasteiger partial charge in [0.2, 0.25) is 0 Å². The fourth-order valence-electron chi connectivity index (χ4n) is 2.80. The molecule has 1 amide bonds. The minimum atomic E-state index is -0.115. The number of carbonyl (C=O) groups excluding carboxylic acids is 1. The van der Waals surface area contributed by atoms with Crippen LogP contribution in [0.4, 0.5) is 0 Å². The molecule has 1 aliphatic rings. The van der Waals surface area contributed by atoms with Crippen molar-refractivity contribution in [3.63, 3.8) is 0 Å². The van der Waals surface area contributed by atoms with Crippen molar-refractivity contribution in [1.29, 1.82) is 0 Å². The molecule has 1 aromatic carbocycles. The Hall–Kier alpha value is -1.06. The lowest BCUT2D eigenvalue weighted by molar-refractivity contribution is 0.0924. The standard InChI is InChI=1S/C15H21ClN2O/c1-10-5-4-8-12(14(10)16)15(19)18-13(9-17)11-6-2-3-7-11/h4-5,8,11,13H,2-3,6-7,9,17H2,1H3,(H,18,19). The van der Waals surface area contributed by atoms with Gasteiger partial charge in [0, 0.05) is 12.6 Å². The number of carbonyl (C=O) groups is 1. The topological polar surface area (TPSA) is 55.1 Å². The summed E-state index contributed by atoms with van der Waals surface area (Å²) < 4.78 is 0. The van der Waals surface area contributed by atoms with Crippen LogP contribution >= 0.6 is 11.6 Å². The largest absolute Gasteiger partial charge is 0.348 e. The zero-order valence-electron chi connectivity index (χ0n) is 11.3. The number of benzene rings is 1. The van der Waals surface area contributed by atoms with E-state index in [0.717, 1.165) is 18.4 Å². The predicted octanol–water partition coefficient (Wildman–Crippen LogP) is 2.90. The van der Waals surface area contributed by atoms with E-state index in [0.29, 0.717) is 23.0 Å². The Bertz CT molecular complexity index is 455. The van der Waals surface area contributed by atoms with Gasteiger partial charge < -0.3 is 11.1 Å². The van der Waals surface area contributed by atoms with Gasteiger partial charge in [0.15, 0.2) is 0 Å². The third-order valence-corrected chi connectivity index (χ3v) is 4.48. The zero-order chi connectivity index (χ0) is 13.8. The van der Waals surface area contributed by atoms with Crippen LogP contribution in [0.5, 0.6) is 0 Å². The minimum Gasteiger partial charge on any atom is -0.348 e. The van der Waals surface area contributed by atoms with Gasteiger partial charge in [-0.25, -0.2) is 0 Å². The van der Waals surface area contributed by atoms with Crippen molar-refractivity contribution >= 4 is 17.5 Å². The van der Waals surface area contributed by atoms with Crippen LogP contribution in [0.15, 0.2) is 18.2 Å². The maximum Gasteiger partial charge on any atom is 0.253 e. The highest BCUT2D eigenvalue weighted by atomic mass is 35.5. The number of nitrogens with one attached hydrogen (secondary N) is 1. The average Bonchev–Trinajstić information content (AvgIpc) is 2.92. The molecule has 3 nitrogen and oxygen atoms in total. The van der Waals surface area contributed by atoms with E-state index in [-0.39, 0.29) is 11.9 Å². The molecule has 0 heterocycles. The third-order valence-electron chi connectivity index (χ3n) is 3.98. The van der Waals surface area contributed by atoms with E-state index < -0.39 is 0 Å². The number of rotatable bonds is 4. The SMILES string of the molecule is Cc1cccc(C(=O)NC(CN)C2CCCC2)c1Cl. The summed E-state index contributed by atoms with van der Waals surface area (Å²) in [7, 11) is 0. The number of hydrogen-bond acceptors (Lipinski definition) is 2. The first-order valence-electron chi connectivity index (χ1n) is 6.89. The number of hydrogen-bond donors (Lipinski definition) is 2. The van der Waals surface area contributed by atoms with Crippen LogP contribution in [-0.2, 0) is 0 Å². The quantitative estimate of drug-likeness (QED) is 0.891. The van der Waals surface area contributed by atoms with Crippen LogP contribution in [0.2, 0.25) is 5.02 Å². The third kappa shape index (κ3) is 3.28. The maximum atomic E-state index is 12.3. The van der Waals surface area contributed by atoms with Crippen molar-refractivity contribution in [2.24, 2.45) is 11.7 Å². The van der Waals surface area contributed by atoms with Crippen molar-refractivity contribution in [2.75, 3.05) is 6.54 Å². The summed E-state index contributed by atoms with van der Waals surface area (Å²) in [6.07, 6.45) is 4.79. The molecule has 1 aromatic rings. The van der Waals surface area contributed by atoms with Gasteiger partial charge in [0.25, 0.3) is 5.91 Å². The van der Waals surface area contributed by atoms with Crippen molar-refractivity contribution < 1.29 is 4.79 Å². The normalized spacial score (nSPS) is 17.4. The van der Waals surface area contributed by atoms with E-state index in [1.165, 1.54) is 12.8 Å². The molecular formula is C15H21ClN2O. The van der Waals surface area contributed by atoms with Gasteiger partial charge in [-0.1, -0.05) is 36.6 Å². The molecule has 1 atom stereocenters. The molecule has 2 rings (SSSR count). The summed E-state index contributed by atoms with van der Waals surface area (Å²) in [6.45, 7) is 2.39. The fraction of sp³-hybridized carbons (Fsp3) is 0.533. The Labute approximate surface area is 119 Å². The molecule has 4 heteroatoms. The van der Waals surface area contributed by atoms with E-state index in [1.807, 2.05) is 19.1 Å². The summed E-state index contributed by atoms with van der Waals surface area (Å²) in [5, 5.41) is 3.57. The van der Waals surface area contributed by atoms with Gasteiger partial charge in [-0.05, 0) is 37.3 Å². The molecule has 1 aliphatic carbocycles. The number of nitrogens with two attached hydrogens (primary N) is 1. The van der Waals surface area contributed by atoms with E-state index in [4.69, 9.17) is 17.3 Å². The average molecular weight is 281 g/mol. The molecule has 19 heavy (non-hydrogen) atoms.